The van der Waals surface area contributed by atoms with Crippen LogP contribution >= 0.6 is 0 Å². The normalized spacial score (nSPS) is 11.6. The molecule has 0 saturated carbocycles. The highest BCUT2D eigenvalue weighted by Crippen LogP contribution is 2.27. The number of halogens is 1. The largest absolute Gasteiger partial charge is 0.478 e. The van der Waals surface area contributed by atoms with E-state index in [-0.39, 0.29) is 27.7 Å². The van der Waals surface area contributed by atoms with Crippen LogP contribution in [0.2, 0.25) is 0 Å². The Hall–Kier alpha value is -4.46. The molecule has 0 aliphatic carbocycles. The highest BCUT2D eigenvalue weighted by Gasteiger charge is 2.21. The standard InChI is InChI=1S/C26H21FN2O5/c1-15-22(30)18-11-8-12-19(24(18)34-23(15)17-9-4-3-5-10-17)26(32)29-28-25(31)16(2)33-21-14-7-6-13-20(21)27/h3-14,16H,1-2H3,(H,28,31)(H,29,32). The molecule has 8 heteroatoms. The van der Waals surface area contributed by atoms with Crippen LogP contribution < -0.4 is 21.0 Å². The van der Waals surface area contributed by atoms with E-state index >= 15 is 0 Å². The Morgan fingerprint density at radius 1 is 0.941 bits per heavy atom. The van der Waals surface area contributed by atoms with Crippen LogP contribution in [0.1, 0.15) is 22.8 Å². The van der Waals surface area contributed by atoms with Crippen LogP contribution in [-0.2, 0) is 4.79 Å². The molecular weight excluding hydrogens is 439 g/mol. The van der Waals surface area contributed by atoms with Crippen molar-refractivity contribution in [3.8, 4) is 17.1 Å². The second kappa shape index (κ2) is 9.58. The molecule has 1 aromatic heterocycles. The van der Waals surface area contributed by atoms with Crippen LogP contribution in [0.15, 0.2) is 82.0 Å². The summed E-state index contributed by atoms with van der Waals surface area (Å²) < 4.78 is 25.1. The van der Waals surface area contributed by atoms with Crippen LogP contribution in [0.4, 0.5) is 4.39 Å². The Morgan fingerprint density at radius 2 is 1.65 bits per heavy atom. The van der Waals surface area contributed by atoms with Crippen LogP contribution in [0.25, 0.3) is 22.3 Å². The second-order valence-corrected chi connectivity index (χ2v) is 7.57. The van der Waals surface area contributed by atoms with Crippen molar-refractivity contribution in [2.45, 2.75) is 20.0 Å². The molecule has 7 nitrogen and oxygen atoms in total. The third kappa shape index (κ3) is 4.52. The van der Waals surface area contributed by atoms with Crippen molar-refractivity contribution in [2.75, 3.05) is 0 Å². The number of nitrogens with one attached hydrogen (secondary N) is 2. The molecule has 4 aromatic rings. The molecule has 1 unspecified atom stereocenters. The van der Waals surface area contributed by atoms with Crippen molar-refractivity contribution in [3.05, 3.63) is 100.0 Å². The molecule has 2 N–H and O–H groups in total. The molecule has 0 fully saturated rings. The van der Waals surface area contributed by atoms with Gasteiger partial charge in [0.15, 0.2) is 28.7 Å². The molecule has 1 atom stereocenters. The van der Waals surface area contributed by atoms with Crippen molar-refractivity contribution in [1.29, 1.82) is 0 Å². The number of ether oxygens (including phenoxy) is 1. The molecule has 0 radical (unpaired) electrons. The summed E-state index contributed by atoms with van der Waals surface area (Å²) in [6, 6.07) is 19.4. The number of hydrogen-bond donors (Lipinski definition) is 2. The van der Waals surface area contributed by atoms with Crippen molar-refractivity contribution in [3.63, 3.8) is 0 Å². The maximum absolute atomic E-state index is 13.8. The van der Waals surface area contributed by atoms with Gasteiger partial charge in [-0.3, -0.25) is 25.2 Å². The number of fused-ring (bicyclic) bond motifs is 1. The van der Waals surface area contributed by atoms with Gasteiger partial charge in [0.2, 0.25) is 0 Å². The van der Waals surface area contributed by atoms with Crippen LogP contribution in [0, 0.1) is 12.7 Å². The van der Waals surface area contributed by atoms with Crippen molar-refractivity contribution in [2.24, 2.45) is 0 Å². The van der Waals surface area contributed by atoms with Gasteiger partial charge >= 0.3 is 0 Å². The van der Waals surface area contributed by atoms with Gasteiger partial charge in [0, 0.05) is 11.1 Å². The lowest BCUT2D eigenvalue weighted by Gasteiger charge is -2.16. The molecule has 172 valence electrons. The topological polar surface area (TPSA) is 97.6 Å². The van der Waals surface area contributed by atoms with E-state index in [0.29, 0.717) is 16.9 Å². The molecule has 34 heavy (non-hydrogen) atoms. The summed E-state index contributed by atoms with van der Waals surface area (Å²) in [5.41, 5.74) is 5.56. The van der Waals surface area contributed by atoms with E-state index < -0.39 is 23.7 Å². The molecule has 0 bridgehead atoms. The first-order valence-electron chi connectivity index (χ1n) is 10.5. The minimum atomic E-state index is -1.09. The quantitative estimate of drug-likeness (QED) is 0.437. The highest BCUT2D eigenvalue weighted by molar-refractivity contribution is 6.05. The Bertz CT molecular complexity index is 1430. The number of carbonyl (C=O) groups is 2. The molecule has 0 aliphatic rings. The molecule has 0 spiro atoms. The molecule has 0 saturated heterocycles. The van der Waals surface area contributed by atoms with Gasteiger partial charge in [-0.15, -0.1) is 0 Å². The zero-order chi connectivity index (χ0) is 24.2. The second-order valence-electron chi connectivity index (χ2n) is 7.57. The van der Waals surface area contributed by atoms with Crippen LogP contribution in [-0.4, -0.2) is 17.9 Å². The van der Waals surface area contributed by atoms with E-state index in [0.717, 1.165) is 0 Å². The minimum absolute atomic E-state index is 0.0646. The zero-order valence-corrected chi connectivity index (χ0v) is 18.4. The minimum Gasteiger partial charge on any atom is -0.478 e. The molecule has 3 aromatic carbocycles. The summed E-state index contributed by atoms with van der Waals surface area (Å²) in [5.74, 6) is -1.73. The fraction of sp³-hybridized carbons (Fsp3) is 0.115. The maximum Gasteiger partial charge on any atom is 0.279 e. The third-order valence-corrected chi connectivity index (χ3v) is 5.23. The average Bonchev–Trinajstić information content (AvgIpc) is 2.86. The summed E-state index contributed by atoms with van der Waals surface area (Å²) in [5, 5.41) is 0.243. The maximum atomic E-state index is 13.8. The van der Waals surface area contributed by atoms with Crippen LogP contribution in [0.3, 0.4) is 0 Å². The number of para-hydroxylation sites is 2. The predicted octanol–water partition coefficient (Wildman–Crippen LogP) is 4.14. The molecule has 2 amide bonds. The summed E-state index contributed by atoms with van der Waals surface area (Å²) in [7, 11) is 0. The van der Waals surface area contributed by atoms with Gasteiger partial charge in [0.1, 0.15) is 5.76 Å². The predicted molar refractivity (Wildman–Crippen MR) is 125 cm³/mol. The summed E-state index contributed by atoms with van der Waals surface area (Å²) in [6.07, 6.45) is -1.09. The fourth-order valence-electron chi connectivity index (χ4n) is 3.42. The number of carbonyl (C=O) groups excluding carboxylic acids is 2. The van der Waals surface area contributed by atoms with Gasteiger partial charge in [-0.2, -0.15) is 0 Å². The average molecular weight is 460 g/mol. The molecule has 1 heterocycles. The van der Waals surface area contributed by atoms with E-state index in [9.17, 15) is 18.8 Å². The first kappa shape index (κ1) is 22.7. The zero-order valence-electron chi connectivity index (χ0n) is 18.4. The SMILES string of the molecule is Cc1c(-c2ccccc2)oc2c(C(=O)NNC(=O)C(C)Oc3ccccc3F)cccc2c1=O. The Labute approximate surface area is 194 Å². The lowest BCUT2D eigenvalue weighted by atomic mass is 10.0. The van der Waals surface area contributed by atoms with Gasteiger partial charge in [0.05, 0.1) is 10.9 Å². The first-order chi connectivity index (χ1) is 16.4. The lowest BCUT2D eigenvalue weighted by Crippen LogP contribution is -2.47. The number of amides is 2. The fourth-order valence-corrected chi connectivity index (χ4v) is 3.42. The molecular formula is C26H21FN2O5. The van der Waals surface area contributed by atoms with Gasteiger partial charge in [-0.25, -0.2) is 4.39 Å². The number of rotatable bonds is 5. The van der Waals surface area contributed by atoms with Crippen LogP contribution in [0.5, 0.6) is 5.75 Å². The summed E-state index contributed by atoms with van der Waals surface area (Å²) >= 11 is 0. The van der Waals surface area contributed by atoms with Crippen molar-refractivity contribution in [1.82, 2.24) is 10.9 Å². The number of benzene rings is 3. The Kier molecular flexibility index (Phi) is 6.40. The van der Waals surface area contributed by atoms with Crippen molar-refractivity contribution < 1.29 is 23.1 Å². The Morgan fingerprint density at radius 3 is 2.38 bits per heavy atom. The third-order valence-electron chi connectivity index (χ3n) is 5.23. The van der Waals surface area contributed by atoms with Gasteiger partial charge in [-0.05, 0) is 38.1 Å². The van der Waals surface area contributed by atoms with E-state index in [2.05, 4.69) is 10.9 Å². The number of hydrazine groups is 1. The van der Waals surface area contributed by atoms with E-state index in [4.69, 9.17) is 9.15 Å². The monoisotopic (exact) mass is 460 g/mol. The summed E-state index contributed by atoms with van der Waals surface area (Å²) in [4.78, 5) is 38.1. The molecule has 0 aliphatic heterocycles. The highest BCUT2D eigenvalue weighted by atomic mass is 19.1. The first-order valence-corrected chi connectivity index (χ1v) is 10.5. The van der Waals surface area contributed by atoms with E-state index in [1.54, 1.807) is 37.3 Å². The summed E-state index contributed by atoms with van der Waals surface area (Å²) in [6.45, 7) is 3.08. The van der Waals surface area contributed by atoms with Crippen molar-refractivity contribution >= 4 is 22.8 Å². The van der Waals surface area contributed by atoms with Gasteiger partial charge in [0.25, 0.3) is 11.8 Å². The lowest BCUT2D eigenvalue weighted by molar-refractivity contribution is -0.128. The Balaban J connectivity index is 1.57. The van der Waals surface area contributed by atoms with Gasteiger partial charge < -0.3 is 9.15 Å². The smallest absolute Gasteiger partial charge is 0.279 e. The number of hydrogen-bond acceptors (Lipinski definition) is 5. The van der Waals surface area contributed by atoms with E-state index in [1.807, 2.05) is 18.2 Å². The van der Waals surface area contributed by atoms with Gasteiger partial charge in [-0.1, -0.05) is 48.5 Å². The molecule has 4 rings (SSSR count). The van der Waals surface area contributed by atoms with E-state index in [1.165, 1.54) is 31.2 Å².